The largest absolute Gasteiger partial charge is 0.438 e. The van der Waals surface area contributed by atoms with Crippen molar-refractivity contribution in [3.63, 3.8) is 0 Å². The standard InChI is InChI=1S/C13H13F2N3O/c1-3-16-13-17-7-8(2)12(18-13)19-11-5-9(14)4-10(15)6-11/h4-7H,3H2,1-2H3,(H,16,17,18). The minimum atomic E-state index is -0.700. The highest BCUT2D eigenvalue weighted by Gasteiger charge is 2.08. The number of anilines is 1. The Bertz CT molecular complexity index is 570. The molecule has 0 aliphatic rings. The minimum absolute atomic E-state index is 0.0572. The van der Waals surface area contributed by atoms with Gasteiger partial charge in [-0.3, -0.25) is 0 Å². The van der Waals surface area contributed by atoms with E-state index in [2.05, 4.69) is 15.3 Å². The van der Waals surface area contributed by atoms with E-state index < -0.39 is 11.6 Å². The molecule has 0 fully saturated rings. The summed E-state index contributed by atoms with van der Waals surface area (Å²) in [4.78, 5) is 8.18. The molecule has 0 aliphatic carbocycles. The fraction of sp³-hybridized carbons (Fsp3) is 0.231. The van der Waals surface area contributed by atoms with Gasteiger partial charge in [0.25, 0.3) is 0 Å². The summed E-state index contributed by atoms with van der Waals surface area (Å²) in [5.41, 5.74) is 0.673. The third-order valence-corrected chi connectivity index (χ3v) is 2.31. The van der Waals surface area contributed by atoms with Gasteiger partial charge in [-0.05, 0) is 13.8 Å². The van der Waals surface area contributed by atoms with Gasteiger partial charge in [-0.2, -0.15) is 4.98 Å². The fourth-order valence-corrected chi connectivity index (χ4v) is 1.47. The smallest absolute Gasteiger partial charge is 0.226 e. The van der Waals surface area contributed by atoms with Crippen LogP contribution in [0.25, 0.3) is 0 Å². The molecule has 1 aromatic heterocycles. The number of aryl methyl sites for hydroxylation is 1. The van der Waals surface area contributed by atoms with Gasteiger partial charge < -0.3 is 10.1 Å². The number of nitrogens with zero attached hydrogens (tertiary/aromatic N) is 2. The van der Waals surface area contributed by atoms with E-state index in [4.69, 9.17) is 4.74 Å². The summed E-state index contributed by atoms with van der Waals surface area (Å²) in [6, 6.07) is 2.97. The molecule has 1 aromatic carbocycles. The normalized spacial score (nSPS) is 10.3. The Morgan fingerprint density at radius 2 is 1.89 bits per heavy atom. The topological polar surface area (TPSA) is 47.0 Å². The van der Waals surface area contributed by atoms with E-state index in [1.54, 1.807) is 13.1 Å². The predicted octanol–water partition coefficient (Wildman–Crippen LogP) is 3.29. The van der Waals surface area contributed by atoms with Crippen molar-refractivity contribution in [2.24, 2.45) is 0 Å². The Hall–Kier alpha value is -2.24. The summed E-state index contributed by atoms with van der Waals surface area (Å²) in [7, 11) is 0. The van der Waals surface area contributed by atoms with Crippen LogP contribution in [0.4, 0.5) is 14.7 Å². The van der Waals surface area contributed by atoms with Crippen molar-refractivity contribution < 1.29 is 13.5 Å². The number of benzene rings is 1. The highest BCUT2D eigenvalue weighted by atomic mass is 19.1. The lowest BCUT2D eigenvalue weighted by Crippen LogP contribution is -2.03. The third kappa shape index (κ3) is 3.37. The second-order valence-electron chi connectivity index (χ2n) is 3.92. The Balaban J connectivity index is 2.28. The van der Waals surface area contributed by atoms with Gasteiger partial charge >= 0.3 is 0 Å². The Morgan fingerprint density at radius 1 is 1.21 bits per heavy atom. The maximum Gasteiger partial charge on any atom is 0.226 e. The summed E-state index contributed by atoms with van der Waals surface area (Å²) in [5.74, 6) is -0.681. The van der Waals surface area contributed by atoms with Crippen LogP contribution in [0.1, 0.15) is 12.5 Å². The number of hydrogen-bond donors (Lipinski definition) is 1. The first kappa shape index (κ1) is 13.2. The van der Waals surface area contributed by atoms with Crippen LogP contribution in [0.15, 0.2) is 24.4 Å². The van der Waals surface area contributed by atoms with Crippen molar-refractivity contribution in [2.75, 3.05) is 11.9 Å². The molecule has 0 spiro atoms. The average Bonchev–Trinajstić information content (AvgIpc) is 2.32. The zero-order valence-electron chi connectivity index (χ0n) is 10.6. The Kier molecular flexibility index (Phi) is 3.89. The molecule has 2 rings (SSSR count). The molecule has 2 aromatic rings. The number of nitrogens with one attached hydrogen (secondary N) is 1. The van der Waals surface area contributed by atoms with Gasteiger partial charge in [-0.1, -0.05) is 0 Å². The number of rotatable bonds is 4. The average molecular weight is 265 g/mol. The lowest BCUT2D eigenvalue weighted by atomic mass is 10.3. The van der Waals surface area contributed by atoms with Gasteiger partial charge in [0.15, 0.2) is 0 Å². The van der Waals surface area contributed by atoms with Gasteiger partial charge in [0.2, 0.25) is 11.8 Å². The van der Waals surface area contributed by atoms with E-state index in [1.807, 2.05) is 6.92 Å². The second kappa shape index (κ2) is 5.60. The predicted molar refractivity (Wildman–Crippen MR) is 67.4 cm³/mol. The second-order valence-corrected chi connectivity index (χ2v) is 3.92. The summed E-state index contributed by atoms with van der Waals surface area (Å²) in [5, 5.41) is 2.93. The van der Waals surface area contributed by atoms with E-state index in [-0.39, 0.29) is 11.6 Å². The van der Waals surface area contributed by atoms with Crippen molar-refractivity contribution in [3.8, 4) is 11.6 Å². The van der Waals surface area contributed by atoms with E-state index in [0.29, 0.717) is 18.1 Å². The lowest BCUT2D eigenvalue weighted by molar-refractivity contribution is 0.447. The maximum atomic E-state index is 13.1. The van der Waals surface area contributed by atoms with Gasteiger partial charge in [-0.25, -0.2) is 13.8 Å². The maximum absolute atomic E-state index is 13.1. The fourth-order valence-electron chi connectivity index (χ4n) is 1.47. The number of ether oxygens (including phenoxy) is 1. The van der Waals surface area contributed by atoms with Gasteiger partial charge in [0.1, 0.15) is 17.4 Å². The van der Waals surface area contributed by atoms with Gasteiger partial charge in [0, 0.05) is 36.5 Å². The third-order valence-electron chi connectivity index (χ3n) is 2.31. The SMILES string of the molecule is CCNc1ncc(C)c(Oc2cc(F)cc(F)c2)n1. The van der Waals surface area contributed by atoms with Gasteiger partial charge in [0.05, 0.1) is 0 Å². The first-order chi connectivity index (χ1) is 9.08. The van der Waals surface area contributed by atoms with Gasteiger partial charge in [-0.15, -0.1) is 0 Å². The molecule has 4 nitrogen and oxygen atoms in total. The van der Waals surface area contributed by atoms with Crippen molar-refractivity contribution in [1.29, 1.82) is 0 Å². The van der Waals surface area contributed by atoms with Crippen molar-refractivity contribution in [2.45, 2.75) is 13.8 Å². The first-order valence-electron chi connectivity index (χ1n) is 5.80. The highest BCUT2D eigenvalue weighted by molar-refractivity contribution is 5.36. The number of hydrogen-bond acceptors (Lipinski definition) is 4. The van der Waals surface area contributed by atoms with Crippen LogP contribution >= 0.6 is 0 Å². The highest BCUT2D eigenvalue weighted by Crippen LogP contribution is 2.24. The van der Waals surface area contributed by atoms with Crippen LogP contribution in [-0.2, 0) is 0 Å². The van der Waals surface area contributed by atoms with Crippen LogP contribution in [-0.4, -0.2) is 16.5 Å². The molecule has 0 bridgehead atoms. The van der Waals surface area contributed by atoms with Crippen LogP contribution in [0.5, 0.6) is 11.6 Å². The molecule has 1 N–H and O–H groups in total. The van der Waals surface area contributed by atoms with E-state index in [1.165, 1.54) is 0 Å². The first-order valence-corrected chi connectivity index (χ1v) is 5.80. The molecule has 0 unspecified atom stereocenters. The quantitative estimate of drug-likeness (QED) is 0.921. The van der Waals surface area contributed by atoms with Crippen molar-refractivity contribution >= 4 is 5.95 Å². The molecular formula is C13H13F2N3O. The van der Waals surface area contributed by atoms with Crippen LogP contribution in [0.2, 0.25) is 0 Å². The molecule has 0 saturated heterocycles. The number of halogens is 2. The molecule has 0 atom stereocenters. The van der Waals surface area contributed by atoms with Crippen LogP contribution in [0, 0.1) is 18.6 Å². The summed E-state index contributed by atoms with van der Waals surface area (Å²) in [6.07, 6.45) is 1.58. The summed E-state index contributed by atoms with van der Waals surface area (Å²) >= 11 is 0. The molecule has 0 aliphatic heterocycles. The molecule has 6 heteroatoms. The molecule has 100 valence electrons. The van der Waals surface area contributed by atoms with Crippen molar-refractivity contribution in [1.82, 2.24) is 9.97 Å². The van der Waals surface area contributed by atoms with Crippen LogP contribution < -0.4 is 10.1 Å². The number of aromatic nitrogens is 2. The monoisotopic (exact) mass is 265 g/mol. The Morgan fingerprint density at radius 3 is 2.53 bits per heavy atom. The van der Waals surface area contributed by atoms with E-state index in [0.717, 1.165) is 18.2 Å². The molecule has 0 radical (unpaired) electrons. The zero-order valence-corrected chi connectivity index (χ0v) is 10.6. The van der Waals surface area contributed by atoms with E-state index in [9.17, 15) is 8.78 Å². The lowest BCUT2D eigenvalue weighted by Gasteiger charge is -2.09. The molecule has 1 heterocycles. The molecule has 19 heavy (non-hydrogen) atoms. The molecule has 0 saturated carbocycles. The zero-order chi connectivity index (χ0) is 13.8. The van der Waals surface area contributed by atoms with Crippen LogP contribution in [0.3, 0.4) is 0 Å². The minimum Gasteiger partial charge on any atom is -0.438 e. The molecular weight excluding hydrogens is 252 g/mol. The van der Waals surface area contributed by atoms with Crippen molar-refractivity contribution in [3.05, 3.63) is 41.6 Å². The summed E-state index contributed by atoms with van der Waals surface area (Å²) in [6.45, 7) is 4.32. The van der Waals surface area contributed by atoms with E-state index >= 15 is 0 Å². The Labute approximate surface area is 109 Å². The summed E-state index contributed by atoms with van der Waals surface area (Å²) < 4.78 is 31.5. The molecule has 0 amide bonds.